The molecular weight excluding hydrogens is 437 g/mol. The zero-order valence-corrected chi connectivity index (χ0v) is 19.4. The van der Waals surface area contributed by atoms with Gasteiger partial charge in [-0.15, -0.1) is 0 Å². The van der Waals surface area contributed by atoms with Gasteiger partial charge in [0.25, 0.3) is 0 Å². The number of cyclic esters (lactones) is 1. The van der Waals surface area contributed by atoms with Crippen LogP contribution >= 0.6 is 0 Å². The van der Waals surface area contributed by atoms with Crippen molar-refractivity contribution in [1.82, 2.24) is 5.32 Å². The molecule has 2 aromatic carbocycles. The molecule has 2 saturated heterocycles. The number of ether oxygens (including phenoxy) is 1. The smallest absolute Gasteiger partial charge is 0.414 e. The Morgan fingerprint density at radius 1 is 1.06 bits per heavy atom. The SMILES string of the molecule is Cc1ccc(C(=O)CCC(=O)NCC2CN(c3ccc(N4CCCCC4)c(F)c3)C(=O)O2)cc1. The van der Waals surface area contributed by atoms with E-state index in [1.165, 1.54) is 11.0 Å². The van der Waals surface area contributed by atoms with Crippen molar-refractivity contribution >= 4 is 29.2 Å². The molecule has 0 aromatic heterocycles. The van der Waals surface area contributed by atoms with Gasteiger partial charge in [-0.3, -0.25) is 14.5 Å². The standard InChI is InChI=1S/C26H30FN3O4/c1-18-5-7-19(8-6-18)24(31)11-12-25(32)28-16-21-17-30(26(33)34-21)20-9-10-23(22(27)15-20)29-13-3-2-4-14-29/h5-10,15,21H,2-4,11-14,16-17H2,1H3,(H,28,32). The van der Waals surface area contributed by atoms with E-state index in [-0.39, 0.29) is 43.4 Å². The monoisotopic (exact) mass is 467 g/mol. The number of carbonyl (C=O) groups excluding carboxylic acids is 3. The first kappa shape index (κ1) is 23.7. The highest BCUT2D eigenvalue weighted by molar-refractivity contribution is 5.98. The quantitative estimate of drug-likeness (QED) is 0.588. The van der Waals surface area contributed by atoms with Gasteiger partial charge < -0.3 is 15.0 Å². The highest BCUT2D eigenvalue weighted by Gasteiger charge is 2.33. The number of ketones is 1. The van der Waals surface area contributed by atoms with Crippen LogP contribution in [0.1, 0.15) is 48.0 Å². The number of piperidine rings is 1. The fourth-order valence-electron chi connectivity index (χ4n) is 4.32. The van der Waals surface area contributed by atoms with Crippen LogP contribution in [0.15, 0.2) is 42.5 Å². The zero-order valence-electron chi connectivity index (χ0n) is 19.4. The molecule has 7 nitrogen and oxygen atoms in total. The van der Waals surface area contributed by atoms with E-state index in [1.54, 1.807) is 24.3 Å². The van der Waals surface area contributed by atoms with Crippen molar-refractivity contribution in [2.24, 2.45) is 0 Å². The molecule has 2 fully saturated rings. The second-order valence-corrected chi connectivity index (χ2v) is 8.89. The van der Waals surface area contributed by atoms with E-state index in [4.69, 9.17) is 4.74 Å². The Morgan fingerprint density at radius 2 is 1.79 bits per heavy atom. The number of nitrogens with zero attached hydrogens (tertiary/aromatic N) is 2. The first-order valence-corrected chi connectivity index (χ1v) is 11.8. The number of carbonyl (C=O) groups is 3. The largest absolute Gasteiger partial charge is 0.442 e. The summed E-state index contributed by atoms with van der Waals surface area (Å²) in [7, 11) is 0. The molecule has 34 heavy (non-hydrogen) atoms. The Labute approximate surface area is 198 Å². The average Bonchev–Trinajstić information content (AvgIpc) is 3.22. The van der Waals surface area contributed by atoms with Gasteiger partial charge in [-0.2, -0.15) is 0 Å². The van der Waals surface area contributed by atoms with Gasteiger partial charge in [0.1, 0.15) is 11.9 Å². The summed E-state index contributed by atoms with van der Waals surface area (Å²) in [6.07, 6.45) is 2.30. The number of anilines is 2. The first-order chi connectivity index (χ1) is 16.4. The molecule has 2 aromatic rings. The van der Waals surface area contributed by atoms with Gasteiger partial charge in [0.05, 0.1) is 24.5 Å². The lowest BCUT2D eigenvalue weighted by atomic mass is 10.0. The molecule has 2 heterocycles. The third-order valence-corrected chi connectivity index (χ3v) is 6.29. The Kier molecular flexibility index (Phi) is 7.45. The van der Waals surface area contributed by atoms with E-state index in [0.29, 0.717) is 16.9 Å². The van der Waals surface area contributed by atoms with Gasteiger partial charge in [0.15, 0.2) is 5.78 Å². The third kappa shape index (κ3) is 5.73. The van der Waals surface area contributed by atoms with Crippen molar-refractivity contribution in [3.63, 3.8) is 0 Å². The predicted octanol–water partition coefficient (Wildman–Crippen LogP) is 4.23. The van der Waals surface area contributed by atoms with Crippen molar-refractivity contribution < 1.29 is 23.5 Å². The number of rotatable bonds is 8. The van der Waals surface area contributed by atoms with E-state index in [2.05, 4.69) is 5.32 Å². The van der Waals surface area contributed by atoms with Crippen molar-refractivity contribution in [3.8, 4) is 0 Å². The van der Waals surface area contributed by atoms with E-state index >= 15 is 0 Å². The maximum absolute atomic E-state index is 14.8. The fraction of sp³-hybridized carbons (Fsp3) is 0.423. The van der Waals surface area contributed by atoms with Crippen LogP contribution < -0.4 is 15.1 Å². The van der Waals surface area contributed by atoms with Crippen LogP contribution in [0.3, 0.4) is 0 Å². The van der Waals surface area contributed by atoms with Crippen LogP contribution in [0.2, 0.25) is 0 Å². The van der Waals surface area contributed by atoms with E-state index in [9.17, 15) is 18.8 Å². The fourth-order valence-corrected chi connectivity index (χ4v) is 4.32. The molecule has 2 aliphatic heterocycles. The van der Waals surface area contributed by atoms with E-state index < -0.39 is 12.2 Å². The average molecular weight is 468 g/mol. The normalized spacial score (nSPS) is 18.1. The molecule has 4 rings (SSSR count). The molecule has 0 bridgehead atoms. The summed E-state index contributed by atoms with van der Waals surface area (Å²) in [4.78, 5) is 40.2. The van der Waals surface area contributed by atoms with Gasteiger partial charge in [-0.25, -0.2) is 9.18 Å². The van der Waals surface area contributed by atoms with Gasteiger partial charge in [0, 0.05) is 31.5 Å². The summed E-state index contributed by atoms with van der Waals surface area (Å²) in [5, 5.41) is 2.72. The van der Waals surface area contributed by atoms with Crippen LogP contribution in [-0.2, 0) is 9.53 Å². The highest BCUT2D eigenvalue weighted by Crippen LogP contribution is 2.29. The molecular formula is C26H30FN3O4. The summed E-state index contributed by atoms with van der Waals surface area (Å²) >= 11 is 0. The second kappa shape index (κ2) is 10.7. The number of halogens is 1. The van der Waals surface area contributed by atoms with Crippen LogP contribution in [-0.4, -0.2) is 50.1 Å². The summed E-state index contributed by atoms with van der Waals surface area (Å²) in [5.74, 6) is -0.738. The van der Waals surface area contributed by atoms with Crippen molar-refractivity contribution in [3.05, 3.63) is 59.4 Å². The molecule has 1 N–H and O–H groups in total. The van der Waals surface area contributed by atoms with Crippen LogP contribution in [0.5, 0.6) is 0 Å². The molecule has 8 heteroatoms. The number of hydrogen-bond donors (Lipinski definition) is 1. The summed E-state index contributed by atoms with van der Waals surface area (Å²) in [5.41, 5.74) is 2.63. The van der Waals surface area contributed by atoms with Crippen LogP contribution in [0.25, 0.3) is 0 Å². The molecule has 0 aliphatic carbocycles. The first-order valence-electron chi connectivity index (χ1n) is 11.8. The number of benzene rings is 2. The molecule has 180 valence electrons. The molecule has 0 spiro atoms. The predicted molar refractivity (Wildman–Crippen MR) is 128 cm³/mol. The Balaban J connectivity index is 1.25. The number of nitrogens with one attached hydrogen (secondary N) is 1. The lowest BCUT2D eigenvalue weighted by Crippen LogP contribution is -2.34. The Bertz CT molecular complexity index is 1050. The third-order valence-electron chi connectivity index (χ3n) is 6.29. The lowest BCUT2D eigenvalue weighted by molar-refractivity contribution is -0.121. The molecule has 2 aliphatic rings. The van der Waals surface area contributed by atoms with Gasteiger partial charge in [0.2, 0.25) is 5.91 Å². The van der Waals surface area contributed by atoms with Gasteiger partial charge in [-0.1, -0.05) is 29.8 Å². The van der Waals surface area contributed by atoms with Crippen LogP contribution in [0.4, 0.5) is 20.6 Å². The van der Waals surface area contributed by atoms with Gasteiger partial charge >= 0.3 is 6.09 Å². The highest BCUT2D eigenvalue weighted by atomic mass is 19.1. The van der Waals surface area contributed by atoms with Crippen LogP contribution in [0, 0.1) is 12.7 Å². The molecule has 0 saturated carbocycles. The maximum atomic E-state index is 14.8. The topological polar surface area (TPSA) is 79.0 Å². The molecule has 2 amide bonds. The summed E-state index contributed by atoms with van der Waals surface area (Å²) in [6, 6.07) is 12.0. The number of aryl methyl sites for hydroxylation is 1. The minimum absolute atomic E-state index is 0.0558. The van der Waals surface area contributed by atoms with Crippen molar-refractivity contribution in [2.75, 3.05) is 36.0 Å². The second-order valence-electron chi connectivity index (χ2n) is 8.89. The van der Waals surface area contributed by atoms with Crippen molar-refractivity contribution in [2.45, 2.75) is 45.1 Å². The maximum Gasteiger partial charge on any atom is 0.414 e. The minimum Gasteiger partial charge on any atom is -0.442 e. The number of Topliss-reactive ketones (excluding diaryl/α,β-unsaturated/α-hetero) is 1. The Morgan fingerprint density at radius 3 is 2.50 bits per heavy atom. The molecule has 1 unspecified atom stereocenters. The van der Waals surface area contributed by atoms with E-state index in [1.807, 2.05) is 24.0 Å². The molecule has 0 radical (unpaired) electrons. The minimum atomic E-state index is -0.570. The van der Waals surface area contributed by atoms with Gasteiger partial charge in [-0.05, 0) is 44.4 Å². The van der Waals surface area contributed by atoms with Crippen molar-refractivity contribution in [1.29, 1.82) is 0 Å². The number of amides is 2. The zero-order chi connectivity index (χ0) is 24.1. The number of hydrogen-bond acceptors (Lipinski definition) is 5. The Hall–Kier alpha value is -3.42. The lowest BCUT2D eigenvalue weighted by Gasteiger charge is -2.29. The van der Waals surface area contributed by atoms with E-state index in [0.717, 1.165) is 37.9 Å². The summed E-state index contributed by atoms with van der Waals surface area (Å²) in [6.45, 7) is 3.96. The summed E-state index contributed by atoms with van der Waals surface area (Å²) < 4.78 is 20.1. The molecule has 1 atom stereocenters.